The van der Waals surface area contributed by atoms with Crippen LogP contribution in [0.5, 0.6) is 0 Å². The molecule has 3 rings (SSSR count). The van der Waals surface area contributed by atoms with Crippen LogP contribution in [0.4, 0.5) is 0 Å². The summed E-state index contributed by atoms with van der Waals surface area (Å²) in [5, 5.41) is 9.35. The third-order valence-corrected chi connectivity index (χ3v) is 6.02. The van der Waals surface area contributed by atoms with E-state index in [4.69, 9.17) is 0 Å². The molecule has 0 saturated carbocycles. The molecule has 2 saturated heterocycles. The van der Waals surface area contributed by atoms with Crippen molar-refractivity contribution in [2.75, 3.05) is 45.8 Å². The number of rotatable bonds is 5. The Bertz CT molecular complexity index is 693. The van der Waals surface area contributed by atoms with E-state index in [1.165, 1.54) is 11.1 Å². The van der Waals surface area contributed by atoms with Gasteiger partial charge in [0, 0.05) is 39.3 Å². The molecule has 148 valence electrons. The van der Waals surface area contributed by atoms with Gasteiger partial charge in [-0.15, -0.1) is 0 Å². The van der Waals surface area contributed by atoms with E-state index in [0.29, 0.717) is 26.1 Å². The first-order chi connectivity index (χ1) is 12.9. The molecule has 0 bridgehead atoms. The molecule has 6 heteroatoms. The van der Waals surface area contributed by atoms with Gasteiger partial charge in [-0.2, -0.15) is 0 Å². The number of carboxylic acids is 1. The molecule has 1 amide bonds. The highest BCUT2D eigenvalue weighted by molar-refractivity contribution is 5.79. The second-order valence-corrected chi connectivity index (χ2v) is 8.26. The van der Waals surface area contributed by atoms with Crippen LogP contribution in [-0.2, 0) is 16.1 Å². The number of benzene rings is 1. The van der Waals surface area contributed by atoms with Gasteiger partial charge in [0.25, 0.3) is 0 Å². The van der Waals surface area contributed by atoms with Crippen molar-refractivity contribution in [3.05, 3.63) is 35.4 Å². The van der Waals surface area contributed by atoms with Gasteiger partial charge < -0.3 is 10.0 Å². The Kier molecular flexibility index (Phi) is 6.17. The van der Waals surface area contributed by atoms with E-state index >= 15 is 0 Å². The van der Waals surface area contributed by atoms with E-state index < -0.39 is 11.4 Å². The Morgan fingerprint density at radius 3 is 2.56 bits per heavy atom. The summed E-state index contributed by atoms with van der Waals surface area (Å²) in [4.78, 5) is 30.5. The second-order valence-electron chi connectivity index (χ2n) is 8.26. The summed E-state index contributed by atoms with van der Waals surface area (Å²) in [5.41, 5.74) is 1.94. The Hall–Kier alpha value is -1.92. The largest absolute Gasteiger partial charge is 0.481 e. The van der Waals surface area contributed by atoms with Crippen molar-refractivity contribution in [3.8, 4) is 0 Å². The molecule has 27 heavy (non-hydrogen) atoms. The highest BCUT2D eigenvalue weighted by Gasteiger charge is 2.41. The SMILES string of the molecule is Cc1ccccc1CN1CCCN(C(=O)CN2CCC(C)(C(=O)O)C2)CC1. The van der Waals surface area contributed by atoms with E-state index in [1.807, 2.05) is 9.80 Å². The van der Waals surface area contributed by atoms with Crippen LogP contribution in [0.15, 0.2) is 24.3 Å². The number of carboxylic acid groups (broad SMARTS) is 1. The molecule has 1 unspecified atom stereocenters. The summed E-state index contributed by atoms with van der Waals surface area (Å²) >= 11 is 0. The summed E-state index contributed by atoms with van der Waals surface area (Å²) in [6.07, 6.45) is 1.59. The maximum absolute atomic E-state index is 12.7. The van der Waals surface area contributed by atoms with E-state index in [0.717, 1.165) is 39.1 Å². The van der Waals surface area contributed by atoms with Crippen LogP contribution < -0.4 is 0 Å². The molecular weight excluding hydrogens is 342 g/mol. The summed E-state index contributed by atoms with van der Waals surface area (Å²) in [6.45, 7) is 9.73. The van der Waals surface area contributed by atoms with Gasteiger partial charge in [-0.25, -0.2) is 0 Å². The molecule has 1 aromatic carbocycles. The topological polar surface area (TPSA) is 64.1 Å². The normalized spacial score (nSPS) is 24.7. The first-order valence-electron chi connectivity index (χ1n) is 9.88. The Morgan fingerprint density at radius 1 is 1.07 bits per heavy atom. The molecule has 1 aromatic rings. The van der Waals surface area contributed by atoms with Gasteiger partial charge in [0.2, 0.25) is 5.91 Å². The monoisotopic (exact) mass is 373 g/mol. The molecule has 6 nitrogen and oxygen atoms in total. The third kappa shape index (κ3) is 4.87. The zero-order valence-corrected chi connectivity index (χ0v) is 16.5. The maximum atomic E-state index is 12.7. The fourth-order valence-electron chi connectivity index (χ4n) is 4.06. The quantitative estimate of drug-likeness (QED) is 0.853. The summed E-state index contributed by atoms with van der Waals surface area (Å²) in [7, 11) is 0. The van der Waals surface area contributed by atoms with Crippen LogP contribution in [0.3, 0.4) is 0 Å². The van der Waals surface area contributed by atoms with Gasteiger partial charge in [-0.3, -0.25) is 19.4 Å². The van der Waals surface area contributed by atoms with Crippen LogP contribution in [0.25, 0.3) is 0 Å². The number of amides is 1. The Morgan fingerprint density at radius 2 is 1.85 bits per heavy atom. The van der Waals surface area contributed by atoms with Crippen molar-refractivity contribution in [1.29, 1.82) is 0 Å². The van der Waals surface area contributed by atoms with Crippen molar-refractivity contribution in [2.24, 2.45) is 5.41 Å². The molecule has 0 aliphatic carbocycles. The first kappa shape index (κ1) is 19.8. The zero-order valence-electron chi connectivity index (χ0n) is 16.5. The number of hydrogen-bond acceptors (Lipinski definition) is 4. The molecule has 0 aromatic heterocycles. The predicted octanol–water partition coefficient (Wildman–Crippen LogP) is 1.83. The van der Waals surface area contributed by atoms with Crippen molar-refractivity contribution in [3.63, 3.8) is 0 Å². The lowest BCUT2D eigenvalue weighted by Gasteiger charge is -2.25. The molecule has 1 N–H and O–H groups in total. The number of aryl methyl sites for hydroxylation is 1. The molecule has 0 spiro atoms. The average molecular weight is 373 g/mol. The minimum Gasteiger partial charge on any atom is -0.481 e. The molecule has 2 aliphatic rings. The lowest BCUT2D eigenvalue weighted by Crippen LogP contribution is -2.42. The van der Waals surface area contributed by atoms with Crippen LogP contribution in [-0.4, -0.2) is 77.5 Å². The van der Waals surface area contributed by atoms with Gasteiger partial charge in [0.15, 0.2) is 0 Å². The molecule has 2 heterocycles. The van der Waals surface area contributed by atoms with E-state index in [1.54, 1.807) is 6.92 Å². The molecular formula is C21H31N3O3. The van der Waals surface area contributed by atoms with Crippen molar-refractivity contribution in [2.45, 2.75) is 33.2 Å². The molecule has 0 radical (unpaired) electrons. The summed E-state index contributed by atoms with van der Waals surface area (Å²) in [6, 6.07) is 8.46. The van der Waals surface area contributed by atoms with Crippen LogP contribution in [0.2, 0.25) is 0 Å². The number of carbonyl (C=O) groups is 2. The second kappa shape index (κ2) is 8.40. The summed E-state index contributed by atoms with van der Waals surface area (Å²) < 4.78 is 0. The minimum atomic E-state index is -0.765. The fraction of sp³-hybridized carbons (Fsp3) is 0.619. The van der Waals surface area contributed by atoms with Gasteiger partial charge in [-0.05, 0) is 44.4 Å². The van der Waals surface area contributed by atoms with Crippen LogP contribution in [0, 0.1) is 12.3 Å². The van der Waals surface area contributed by atoms with Crippen molar-refractivity contribution < 1.29 is 14.7 Å². The highest BCUT2D eigenvalue weighted by atomic mass is 16.4. The lowest BCUT2D eigenvalue weighted by atomic mass is 9.90. The van der Waals surface area contributed by atoms with E-state index in [9.17, 15) is 14.7 Å². The van der Waals surface area contributed by atoms with Crippen LogP contribution >= 0.6 is 0 Å². The molecule has 1 atom stereocenters. The average Bonchev–Trinajstić information content (AvgIpc) is 2.86. The fourth-order valence-corrected chi connectivity index (χ4v) is 4.06. The van der Waals surface area contributed by atoms with E-state index in [2.05, 4.69) is 36.1 Å². The Balaban J connectivity index is 1.50. The number of aliphatic carboxylic acids is 1. The number of nitrogens with zero attached hydrogens (tertiary/aromatic N) is 3. The number of hydrogen-bond donors (Lipinski definition) is 1. The van der Waals surface area contributed by atoms with Crippen molar-refractivity contribution >= 4 is 11.9 Å². The van der Waals surface area contributed by atoms with Crippen molar-refractivity contribution in [1.82, 2.24) is 14.7 Å². The minimum absolute atomic E-state index is 0.127. The molecule has 2 fully saturated rings. The van der Waals surface area contributed by atoms with Gasteiger partial charge in [0.05, 0.1) is 12.0 Å². The third-order valence-electron chi connectivity index (χ3n) is 6.02. The summed E-state index contributed by atoms with van der Waals surface area (Å²) in [5.74, 6) is -0.638. The van der Waals surface area contributed by atoms with Crippen LogP contribution in [0.1, 0.15) is 30.9 Å². The lowest BCUT2D eigenvalue weighted by molar-refractivity contribution is -0.147. The molecule has 2 aliphatic heterocycles. The number of likely N-dealkylation sites (tertiary alicyclic amines) is 1. The van der Waals surface area contributed by atoms with Gasteiger partial charge in [0.1, 0.15) is 0 Å². The first-order valence-corrected chi connectivity index (χ1v) is 9.88. The van der Waals surface area contributed by atoms with Gasteiger partial charge in [-0.1, -0.05) is 24.3 Å². The Labute approximate surface area is 161 Å². The highest BCUT2D eigenvalue weighted by Crippen LogP contribution is 2.29. The van der Waals surface area contributed by atoms with Gasteiger partial charge >= 0.3 is 5.97 Å². The predicted molar refractivity (Wildman–Crippen MR) is 104 cm³/mol. The zero-order chi connectivity index (χ0) is 19.4. The smallest absolute Gasteiger partial charge is 0.310 e. The standard InChI is InChI=1S/C21H31N3O3/c1-17-6-3-4-7-18(17)14-22-9-5-10-24(13-12-22)19(25)15-23-11-8-21(2,16-23)20(26)27/h3-4,6-7H,5,8-16H2,1-2H3,(H,26,27). The number of carbonyl (C=O) groups excluding carboxylic acids is 1. The van der Waals surface area contributed by atoms with E-state index in [-0.39, 0.29) is 5.91 Å². The maximum Gasteiger partial charge on any atom is 0.310 e.